The molecule has 1 fully saturated rings. The highest BCUT2D eigenvalue weighted by Crippen LogP contribution is 2.42. The maximum Gasteiger partial charge on any atom is 0.434 e. The summed E-state index contributed by atoms with van der Waals surface area (Å²) >= 11 is 0.824. The molecule has 0 spiro atoms. The zero-order chi connectivity index (χ0) is 29.0. The predicted octanol–water partition coefficient (Wildman–Crippen LogP) is 5.29. The number of anilines is 2. The fourth-order valence-electron chi connectivity index (χ4n) is 5.53. The summed E-state index contributed by atoms with van der Waals surface area (Å²) in [5.74, 6) is -0.0942. The van der Waals surface area contributed by atoms with E-state index in [0.717, 1.165) is 34.2 Å². The molecule has 1 saturated heterocycles. The number of halogens is 6. The molecule has 7 nitrogen and oxygen atoms in total. The van der Waals surface area contributed by atoms with Crippen molar-refractivity contribution < 1.29 is 31.1 Å². The molecule has 0 radical (unpaired) electrons. The Morgan fingerprint density at radius 1 is 1.02 bits per heavy atom. The Kier molecular flexibility index (Phi) is 7.26. The second kappa shape index (κ2) is 10.3. The van der Waals surface area contributed by atoms with Crippen molar-refractivity contribution in [2.75, 3.05) is 36.0 Å². The highest BCUT2D eigenvalue weighted by Gasteiger charge is 2.39. The number of aryl methyl sites for hydroxylation is 2. The maximum atomic E-state index is 13.9. The van der Waals surface area contributed by atoms with Crippen molar-refractivity contribution in [3.05, 3.63) is 57.4 Å². The van der Waals surface area contributed by atoms with Gasteiger partial charge in [-0.1, -0.05) is 0 Å². The lowest BCUT2D eigenvalue weighted by atomic mass is 9.91. The molecule has 5 rings (SSSR count). The molecule has 1 unspecified atom stereocenters. The summed E-state index contributed by atoms with van der Waals surface area (Å²) in [6.07, 6.45) is -9.13. The third kappa shape index (κ3) is 5.50. The number of benzene rings is 1. The molecule has 0 saturated carbocycles. The number of piperazine rings is 1. The zero-order valence-electron chi connectivity index (χ0n) is 22.1. The largest absolute Gasteiger partial charge is 0.434 e. The summed E-state index contributed by atoms with van der Waals surface area (Å²) in [5.41, 5.74) is 1.13. The highest BCUT2D eigenvalue weighted by molar-refractivity contribution is 7.13. The van der Waals surface area contributed by atoms with Crippen LogP contribution in [0.2, 0.25) is 0 Å². The first kappa shape index (κ1) is 28.2. The van der Waals surface area contributed by atoms with E-state index in [1.54, 1.807) is 14.5 Å². The highest BCUT2D eigenvalue weighted by atomic mass is 32.1. The fourth-order valence-corrected chi connectivity index (χ4v) is 6.38. The summed E-state index contributed by atoms with van der Waals surface area (Å²) in [6, 6.07) is 4.19. The maximum absolute atomic E-state index is 13.9. The Balaban J connectivity index is 1.39. The second-order valence-electron chi connectivity index (χ2n) is 10.2. The van der Waals surface area contributed by atoms with E-state index in [1.807, 2.05) is 31.7 Å². The van der Waals surface area contributed by atoms with Crippen LogP contribution in [-0.4, -0.2) is 57.8 Å². The van der Waals surface area contributed by atoms with E-state index in [0.29, 0.717) is 30.9 Å². The van der Waals surface area contributed by atoms with E-state index < -0.39 is 23.6 Å². The number of carbonyl (C=O) groups is 1. The van der Waals surface area contributed by atoms with Crippen LogP contribution in [0.1, 0.15) is 40.7 Å². The van der Waals surface area contributed by atoms with Crippen molar-refractivity contribution in [3.63, 3.8) is 0 Å². The van der Waals surface area contributed by atoms with Gasteiger partial charge in [-0.3, -0.25) is 9.48 Å². The predicted molar refractivity (Wildman–Crippen MR) is 138 cm³/mol. The minimum atomic E-state index is -4.60. The van der Waals surface area contributed by atoms with Crippen LogP contribution in [0, 0.1) is 13.8 Å². The van der Waals surface area contributed by atoms with Gasteiger partial charge in [-0.25, -0.2) is 4.98 Å². The van der Waals surface area contributed by atoms with E-state index in [9.17, 15) is 31.1 Å². The van der Waals surface area contributed by atoms with Gasteiger partial charge in [-0.2, -0.15) is 31.4 Å². The van der Waals surface area contributed by atoms with Crippen LogP contribution in [-0.2, 0) is 36.7 Å². The molecule has 2 aliphatic rings. The third-order valence-corrected chi connectivity index (χ3v) is 8.32. The number of fused-ring (bicyclic) bond motifs is 1. The molecule has 1 aromatic carbocycles. The van der Waals surface area contributed by atoms with Crippen LogP contribution in [0.4, 0.5) is 37.2 Å². The van der Waals surface area contributed by atoms with Gasteiger partial charge >= 0.3 is 12.4 Å². The number of thiazole rings is 1. The van der Waals surface area contributed by atoms with Crippen molar-refractivity contribution in [1.82, 2.24) is 19.7 Å². The normalized spacial score (nSPS) is 18.3. The quantitative estimate of drug-likeness (QED) is 0.389. The van der Waals surface area contributed by atoms with Crippen LogP contribution in [0.5, 0.6) is 0 Å². The van der Waals surface area contributed by atoms with Gasteiger partial charge in [0.2, 0.25) is 5.91 Å². The summed E-state index contributed by atoms with van der Waals surface area (Å²) in [7, 11) is 0. The van der Waals surface area contributed by atoms with Crippen molar-refractivity contribution in [2.45, 2.75) is 58.7 Å². The Morgan fingerprint density at radius 2 is 1.77 bits per heavy atom. The van der Waals surface area contributed by atoms with E-state index in [1.165, 1.54) is 6.07 Å². The molecular weight excluding hydrogens is 558 g/mol. The standard InChI is InChI=1S/C26H28F6N6OS/c1-15-10-16(2)38(34-15)13-23(39)37-9-8-35(11-17(37)3)21-5-4-20(25(27,28)29)18-6-7-36(12-19(18)21)24-33-22(14-40-24)26(30,31)32/h4-5,10,14,17H,6-9,11-13H2,1-3H3. The Hall–Kier alpha value is -3.29. The molecule has 2 aliphatic heterocycles. The van der Waals surface area contributed by atoms with Gasteiger partial charge in [0.15, 0.2) is 10.8 Å². The third-order valence-electron chi connectivity index (χ3n) is 7.42. The molecule has 0 bridgehead atoms. The molecule has 3 aromatic rings. The number of rotatable bonds is 4. The van der Waals surface area contributed by atoms with E-state index in [-0.39, 0.29) is 48.7 Å². The van der Waals surface area contributed by atoms with Gasteiger partial charge < -0.3 is 14.7 Å². The van der Waals surface area contributed by atoms with Crippen LogP contribution in [0.3, 0.4) is 0 Å². The number of nitrogens with zero attached hydrogens (tertiary/aromatic N) is 6. The Morgan fingerprint density at radius 3 is 2.38 bits per heavy atom. The van der Waals surface area contributed by atoms with Gasteiger partial charge in [0.25, 0.3) is 0 Å². The van der Waals surface area contributed by atoms with Gasteiger partial charge in [-0.15, -0.1) is 11.3 Å². The van der Waals surface area contributed by atoms with Crippen LogP contribution >= 0.6 is 11.3 Å². The van der Waals surface area contributed by atoms with Gasteiger partial charge in [-0.05, 0) is 56.5 Å². The molecule has 4 heterocycles. The average molecular weight is 587 g/mol. The molecule has 14 heteroatoms. The van der Waals surface area contributed by atoms with Gasteiger partial charge in [0.05, 0.1) is 11.3 Å². The van der Waals surface area contributed by atoms with Crippen LogP contribution in [0.25, 0.3) is 0 Å². The van der Waals surface area contributed by atoms with Crippen molar-refractivity contribution in [3.8, 4) is 0 Å². The minimum Gasteiger partial charge on any atom is -0.367 e. The first-order valence-corrected chi connectivity index (χ1v) is 13.7. The van der Waals surface area contributed by atoms with Crippen molar-refractivity contribution in [2.24, 2.45) is 0 Å². The van der Waals surface area contributed by atoms with E-state index in [4.69, 9.17) is 0 Å². The zero-order valence-corrected chi connectivity index (χ0v) is 22.9. The molecule has 0 N–H and O–H groups in total. The van der Waals surface area contributed by atoms with Crippen molar-refractivity contribution >= 4 is 28.1 Å². The first-order chi connectivity index (χ1) is 18.7. The number of hydrogen-bond donors (Lipinski definition) is 0. The molecule has 0 aliphatic carbocycles. The molecular formula is C26H28F6N6OS. The SMILES string of the molecule is Cc1cc(C)n(CC(=O)N2CCN(c3ccc(C(F)(F)F)c4c3CN(c3nc(C(F)(F)F)cs3)CC4)CC2C)n1. The molecule has 2 aromatic heterocycles. The number of aromatic nitrogens is 3. The van der Waals surface area contributed by atoms with E-state index in [2.05, 4.69) is 10.1 Å². The van der Waals surface area contributed by atoms with Crippen LogP contribution in [0.15, 0.2) is 23.6 Å². The number of carbonyl (C=O) groups excluding carboxylic acids is 1. The second-order valence-corrected chi connectivity index (χ2v) is 11.1. The number of amides is 1. The smallest absolute Gasteiger partial charge is 0.367 e. The summed E-state index contributed by atoms with van der Waals surface area (Å²) in [5, 5.41) is 5.39. The van der Waals surface area contributed by atoms with Gasteiger partial charge in [0, 0.05) is 55.5 Å². The number of hydrogen-bond acceptors (Lipinski definition) is 6. The first-order valence-electron chi connectivity index (χ1n) is 12.8. The molecule has 1 atom stereocenters. The monoisotopic (exact) mass is 586 g/mol. The summed E-state index contributed by atoms with van der Waals surface area (Å²) in [4.78, 5) is 22.1. The fraction of sp³-hybridized carbons (Fsp3) is 0.500. The average Bonchev–Trinajstić information content (AvgIpc) is 3.49. The lowest BCUT2D eigenvalue weighted by molar-refractivity contribution is -0.141. The topological polar surface area (TPSA) is 57.5 Å². The lowest BCUT2D eigenvalue weighted by Crippen LogP contribution is -2.55. The molecule has 1 amide bonds. The van der Waals surface area contributed by atoms with Gasteiger partial charge in [0.1, 0.15) is 6.54 Å². The van der Waals surface area contributed by atoms with Crippen molar-refractivity contribution in [1.29, 1.82) is 0 Å². The summed E-state index contributed by atoms with van der Waals surface area (Å²) < 4.78 is 82.7. The van der Waals surface area contributed by atoms with E-state index >= 15 is 0 Å². The van der Waals surface area contributed by atoms with Crippen LogP contribution < -0.4 is 9.80 Å². The molecule has 40 heavy (non-hydrogen) atoms. The number of alkyl halides is 6. The Bertz CT molecular complexity index is 1410. The summed E-state index contributed by atoms with van der Waals surface area (Å²) in [6.45, 7) is 7.02. The Labute approximate surface area is 231 Å². The minimum absolute atomic E-state index is 0.00481. The lowest BCUT2D eigenvalue weighted by Gasteiger charge is -2.43. The molecule has 216 valence electrons.